The molecule has 1 saturated heterocycles. The van der Waals surface area contributed by atoms with Gasteiger partial charge in [0.15, 0.2) is 11.3 Å². The van der Waals surface area contributed by atoms with Gasteiger partial charge in [-0.3, -0.25) is 9.69 Å². The maximum absolute atomic E-state index is 13.1. The van der Waals surface area contributed by atoms with Gasteiger partial charge in [-0.2, -0.15) is 18.3 Å². The third-order valence-electron chi connectivity index (χ3n) is 4.12. The summed E-state index contributed by atoms with van der Waals surface area (Å²) >= 11 is 0. The highest BCUT2D eigenvalue weighted by atomic mass is 19.4. The van der Waals surface area contributed by atoms with Crippen LogP contribution in [0.25, 0.3) is 5.65 Å². The minimum atomic E-state index is -4.58. The highest BCUT2D eigenvalue weighted by Crippen LogP contribution is 2.29. The van der Waals surface area contributed by atoms with Gasteiger partial charge in [0.1, 0.15) is 5.69 Å². The van der Waals surface area contributed by atoms with Crippen LogP contribution >= 0.6 is 0 Å². The summed E-state index contributed by atoms with van der Waals surface area (Å²) < 4.78 is 45.3. The highest BCUT2D eigenvalue weighted by molar-refractivity contribution is 5.93. The number of nitrogens with one attached hydrogen (secondary N) is 1. The fourth-order valence-electron chi connectivity index (χ4n) is 2.83. The zero-order valence-electron chi connectivity index (χ0n) is 14.3. The Hall–Kier alpha value is -2.20. The van der Waals surface area contributed by atoms with Crippen molar-refractivity contribution >= 4 is 11.6 Å². The normalized spacial score (nSPS) is 16.2. The number of morpholine rings is 1. The molecule has 142 valence electrons. The van der Waals surface area contributed by atoms with Gasteiger partial charge >= 0.3 is 6.18 Å². The first-order valence-electron chi connectivity index (χ1n) is 8.37. The minimum Gasteiger partial charge on any atom is -0.379 e. The average molecular weight is 371 g/mol. The molecule has 3 heterocycles. The first-order chi connectivity index (χ1) is 12.3. The molecule has 0 aromatic carbocycles. The van der Waals surface area contributed by atoms with E-state index in [2.05, 4.69) is 20.3 Å². The molecule has 0 unspecified atom stereocenters. The smallest absolute Gasteiger partial charge is 0.379 e. The van der Waals surface area contributed by atoms with Gasteiger partial charge in [-0.15, -0.1) is 0 Å². The van der Waals surface area contributed by atoms with E-state index in [9.17, 15) is 18.0 Å². The Morgan fingerprint density at radius 3 is 2.73 bits per heavy atom. The summed E-state index contributed by atoms with van der Waals surface area (Å²) in [5.74, 6) is -0.511. The van der Waals surface area contributed by atoms with E-state index in [-0.39, 0.29) is 17.0 Å². The Balaban J connectivity index is 1.63. The predicted octanol–water partition coefficient (Wildman–Crippen LogP) is 1.51. The van der Waals surface area contributed by atoms with E-state index in [0.29, 0.717) is 24.3 Å². The molecule has 1 N–H and O–H groups in total. The van der Waals surface area contributed by atoms with Crippen LogP contribution in [0.4, 0.5) is 13.2 Å². The van der Waals surface area contributed by atoms with Crippen LogP contribution < -0.4 is 5.32 Å². The van der Waals surface area contributed by atoms with Crippen molar-refractivity contribution in [3.63, 3.8) is 0 Å². The van der Waals surface area contributed by atoms with Gasteiger partial charge in [0.25, 0.3) is 5.91 Å². The SMILES string of the molecule is Cc1cc(C(F)(F)F)n2nc(C(=O)NCCCN3CCOCC3)cc2n1. The van der Waals surface area contributed by atoms with Crippen LogP contribution in [0, 0.1) is 6.92 Å². The van der Waals surface area contributed by atoms with Crippen molar-refractivity contribution in [3.8, 4) is 0 Å². The molecule has 2 aromatic heterocycles. The zero-order valence-corrected chi connectivity index (χ0v) is 14.3. The number of alkyl halides is 3. The molecule has 0 spiro atoms. The summed E-state index contributed by atoms with van der Waals surface area (Å²) in [6, 6.07) is 2.17. The van der Waals surface area contributed by atoms with E-state index in [1.54, 1.807) is 0 Å². The third kappa shape index (κ3) is 4.31. The van der Waals surface area contributed by atoms with Gasteiger partial charge in [-0.25, -0.2) is 9.50 Å². The number of fused-ring (bicyclic) bond motifs is 1. The van der Waals surface area contributed by atoms with Crippen LogP contribution in [-0.2, 0) is 10.9 Å². The molecule has 1 amide bonds. The van der Waals surface area contributed by atoms with Gasteiger partial charge in [-0.1, -0.05) is 0 Å². The Kier molecular flexibility index (Phi) is 5.42. The number of amides is 1. The number of aromatic nitrogens is 3. The average Bonchev–Trinajstić information content (AvgIpc) is 3.01. The number of carbonyl (C=O) groups excluding carboxylic acids is 1. The van der Waals surface area contributed by atoms with Crippen molar-refractivity contribution in [2.24, 2.45) is 0 Å². The lowest BCUT2D eigenvalue weighted by Gasteiger charge is -2.26. The van der Waals surface area contributed by atoms with Gasteiger partial charge < -0.3 is 10.1 Å². The fraction of sp³-hybridized carbons (Fsp3) is 0.562. The molecule has 0 saturated carbocycles. The lowest BCUT2D eigenvalue weighted by atomic mass is 10.3. The van der Waals surface area contributed by atoms with Crippen molar-refractivity contribution in [1.82, 2.24) is 24.8 Å². The van der Waals surface area contributed by atoms with Gasteiger partial charge in [0.05, 0.1) is 13.2 Å². The molecular formula is C16H20F3N5O2. The van der Waals surface area contributed by atoms with Crippen LogP contribution in [0.15, 0.2) is 12.1 Å². The summed E-state index contributed by atoms with van der Waals surface area (Å²) in [5, 5.41) is 6.47. The molecule has 0 aliphatic carbocycles. The maximum atomic E-state index is 13.1. The summed E-state index contributed by atoms with van der Waals surface area (Å²) in [6.45, 7) is 5.87. The largest absolute Gasteiger partial charge is 0.433 e. The van der Waals surface area contributed by atoms with Crippen molar-refractivity contribution in [1.29, 1.82) is 0 Å². The van der Waals surface area contributed by atoms with Crippen LogP contribution in [0.1, 0.15) is 28.3 Å². The maximum Gasteiger partial charge on any atom is 0.433 e. The zero-order chi connectivity index (χ0) is 18.7. The molecule has 1 fully saturated rings. The molecule has 1 aliphatic rings. The molecule has 0 atom stereocenters. The lowest BCUT2D eigenvalue weighted by molar-refractivity contribution is -0.142. The Morgan fingerprint density at radius 2 is 2.04 bits per heavy atom. The summed E-state index contributed by atoms with van der Waals surface area (Å²) in [6.07, 6.45) is -3.84. The predicted molar refractivity (Wildman–Crippen MR) is 86.9 cm³/mol. The minimum absolute atomic E-state index is 0.00390. The summed E-state index contributed by atoms with van der Waals surface area (Å²) in [4.78, 5) is 18.4. The monoisotopic (exact) mass is 371 g/mol. The Bertz CT molecular complexity index is 784. The van der Waals surface area contributed by atoms with Gasteiger partial charge in [-0.05, 0) is 26.0 Å². The van der Waals surface area contributed by atoms with Crippen LogP contribution in [-0.4, -0.2) is 64.8 Å². The molecule has 3 rings (SSSR count). The second kappa shape index (κ2) is 7.58. The summed E-state index contributed by atoms with van der Waals surface area (Å²) in [7, 11) is 0. The molecular weight excluding hydrogens is 351 g/mol. The second-order valence-corrected chi connectivity index (χ2v) is 6.14. The van der Waals surface area contributed by atoms with Crippen molar-refractivity contribution in [2.45, 2.75) is 19.5 Å². The van der Waals surface area contributed by atoms with Crippen molar-refractivity contribution in [3.05, 3.63) is 29.2 Å². The van der Waals surface area contributed by atoms with E-state index in [1.165, 1.54) is 13.0 Å². The third-order valence-corrected chi connectivity index (χ3v) is 4.12. The number of hydrogen-bond acceptors (Lipinski definition) is 5. The fourth-order valence-corrected chi connectivity index (χ4v) is 2.83. The highest BCUT2D eigenvalue weighted by Gasteiger charge is 2.35. The topological polar surface area (TPSA) is 71.8 Å². The Labute approximate surface area is 148 Å². The molecule has 7 nitrogen and oxygen atoms in total. The Morgan fingerprint density at radius 1 is 1.31 bits per heavy atom. The number of halogens is 3. The molecule has 0 bridgehead atoms. The molecule has 10 heteroatoms. The van der Waals surface area contributed by atoms with Crippen molar-refractivity contribution in [2.75, 3.05) is 39.4 Å². The molecule has 26 heavy (non-hydrogen) atoms. The standard InChI is InChI=1S/C16H20F3N5O2/c1-11-9-13(16(17,18)19)24-14(21-11)10-12(22-24)15(25)20-3-2-4-23-5-7-26-8-6-23/h9-10H,2-8H2,1H3,(H,20,25). The number of ether oxygens (including phenoxy) is 1. The molecule has 2 aromatic rings. The van der Waals surface area contributed by atoms with E-state index < -0.39 is 17.8 Å². The molecule has 1 aliphatic heterocycles. The lowest BCUT2D eigenvalue weighted by Crippen LogP contribution is -2.38. The first-order valence-corrected chi connectivity index (χ1v) is 8.37. The van der Waals surface area contributed by atoms with Gasteiger partial charge in [0.2, 0.25) is 0 Å². The van der Waals surface area contributed by atoms with Crippen LogP contribution in [0.5, 0.6) is 0 Å². The number of aryl methyl sites for hydroxylation is 1. The molecule has 0 radical (unpaired) electrons. The van der Waals surface area contributed by atoms with Crippen molar-refractivity contribution < 1.29 is 22.7 Å². The quantitative estimate of drug-likeness (QED) is 0.807. The number of nitrogens with zero attached hydrogens (tertiary/aromatic N) is 4. The van der Waals surface area contributed by atoms with E-state index >= 15 is 0 Å². The number of rotatable bonds is 5. The van der Waals surface area contributed by atoms with Crippen LogP contribution in [0.2, 0.25) is 0 Å². The first kappa shape index (κ1) is 18.6. The van der Waals surface area contributed by atoms with Gasteiger partial charge in [0, 0.05) is 31.4 Å². The number of hydrogen-bond donors (Lipinski definition) is 1. The summed E-state index contributed by atoms with van der Waals surface area (Å²) in [5.41, 5.74) is -0.829. The second-order valence-electron chi connectivity index (χ2n) is 6.14. The van der Waals surface area contributed by atoms with E-state index in [0.717, 1.165) is 32.1 Å². The van der Waals surface area contributed by atoms with Crippen LogP contribution in [0.3, 0.4) is 0 Å². The number of carbonyl (C=O) groups is 1. The van der Waals surface area contributed by atoms with E-state index in [4.69, 9.17) is 4.74 Å². The van der Waals surface area contributed by atoms with E-state index in [1.807, 2.05) is 0 Å².